The number of carbonyl (C=O) groups excluding carboxylic acids is 2. The molecule has 7 nitrogen and oxygen atoms in total. The topological polar surface area (TPSA) is 93.1 Å². The number of benzene rings is 2. The Kier molecular flexibility index (Phi) is 7.68. The number of ether oxygens (including phenoxy) is 1. The Balaban J connectivity index is 1.73. The fourth-order valence-corrected chi connectivity index (χ4v) is 6.52. The van der Waals surface area contributed by atoms with E-state index in [9.17, 15) is 18.0 Å². The number of carbonyl (C=O) groups is 2. The molecule has 0 atom stereocenters. The first-order chi connectivity index (χ1) is 16.6. The van der Waals surface area contributed by atoms with Gasteiger partial charge in [-0.05, 0) is 35.4 Å². The first-order valence-electron chi connectivity index (χ1n) is 11.1. The van der Waals surface area contributed by atoms with Crippen LogP contribution in [0.3, 0.4) is 0 Å². The predicted molar refractivity (Wildman–Crippen MR) is 137 cm³/mol. The molecule has 1 aliphatic heterocycles. The van der Waals surface area contributed by atoms with Crippen LogP contribution >= 0.6 is 23.4 Å². The maximum Gasteiger partial charge on any atom is 0.204 e. The Bertz CT molecular complexity index is 1340. The van der Waals surface area contributed by atoms with E-state index in [-0.39, 0.29) is 45.7 Å². The number of hydrogen-bond acceptors (Lipinski definition) is 8. The molecule has 0 N–H and O–H groups in total. The smallest absolute Gasteiger partial charge is 0.204 e. The highest BCUT2D eigenvalue weighted by atomic mass is 35.5. The molecule has 4 rings (SSSR count). The number of hydrazone groups is 1. The van der Waals surface area contributed by atoms with Gasteiger partial charge >= 0.3 is 0 Å². The van der Waals surface area contributed by atoms with Gasteiger partial charge in [0.2, 0.25) is 5.90 Å². The molecule has 0 unspecified atom stereocenters. The second-order valence-electron chi connectivity index (χ2n) is 8.41. The molecular formula is C25H25ClN2O5S2. The number of sulfone groups is 1. The number of halogens is 1. The average molecular weight is 533 g/mol. The van der Waals surface area contributed by atoms with Gasteiger partial charge in [0, 0.05) is 36.5 Å². The fourth-order valence-electron chi connectivity index (χ4n) is 4.05. The maximum absolute atomic E-state index is 13.7. The SMILES string of the molecule is CC1=NN(Cc2c(S(C)(=O)=O)ccc(C(=O)C3=C(SCc4ccccc4)CCCC3=O)c2Cl)CO1. The molecule has 35 heavy (non-hydrogen) atoms. The standard InChI is InChI=1S/C25H25ClN2O5S2/c1-16-27-28(15-33-16)13-19-22(35(2,31)32)12-11-18(24(19)26)25(30)23-20(29)9-6-10-21(23)34-14-17-7-4-3-5-8-17/h3-5,7-8,11-12H,6,9-10,13-15H2,1-2H3. The largest absolute Gasteiger partial charge is 0.457 e. The van der Waals surface area contributed by atoms with Gasteiger partial charge in [-0.3, -0.25) is 14.6 Å². The lowest BCUT2D eigenvalue weighted by molar-refractivity contribution is -0.115. The van der Waals surface area contributed by atoms with Crippen molar-refractivity contribution in [1.82, 2.24) is 5.01 Å². The minimum Gasteiger partial charge on any atom is -0.457 e. The summed E-state index contributed by atoms with van der Waals surface area (Å²) in [6, 6.07) is 12.6. The normalized spacial score (nSPS) is 16.4. The van der Waals surface area contributed by atoms with Crippen LogP contribution in [0.25, 0.3) is 0 Å². The highest BCUT2D eigenvalue weighted by Crippen LogP contribution is 2.37. The van der Waals surface area contributed by atoms with Crippen LogP contribution in [-0.4, -0.2) is 43.9 Å². The molecule has 2 aliphatic rings. The molecule has 0 radical (unpaired) electrons. The molecule has 1 heterocycles. The summed E-state index contributed by atoms with van der Waals surface area (Å²) in [5, 5.41) is 5.76. The lowest BCUT2D eigenvalue weighted by Gasteiger charge is -2.21. The van der Waals surface area contributed by atoms with E-state index >= 15 is 0 Å². The van der Waals surface area contributed by atoms with Crippen molar-refractivity contribution in [2.75, 3.05) is 13.0 Å². The number of thioether (sulfide) groups is 1. The van der Waals surface area contributed by atoms with Crippen molar-refractivity contribution in [3.63, 3.8) is 0 Å². The van der Waals surface area contributed by atoms with E-state index in [1.807, 2.05) is 30.3 Å². The summed E-state index contributed by atoms with van der Waals surface area (Å²) >= 11 is 8.16. The number of hydrogen-bond donors (Lipinski definition) is 0. The van der Waals surface area contributed by atoms with Gasteiger partial charge in [0.1, 0.15) is 0 Å². The van der Waals surface area contributed by atoms with Gasteiger partial charge < -0.3 is 4.74 Å². The fraction of sp³-hybridized carbons (Fsp3) is 0.320. The van der Waals surface area contributed by atoms with Crippen LogP contribution in [0.1, 0.15) is 47.7 Å². The van der Waals surface area contributed by atoms with Gasteiger partial charge in [-0.15, -0.1) is 16.9 Å². The van der Waals surface area contributed by atoms with E-state index in [1.165, 1.54) is 28.9 Å². The highest BCUT2D eigenvalue weighted by molar-refractivity contribution is 8.02. The van der Waals surface area contributed by atoms with Gasteiger partial charge in [0.25, 0.3) is 0 Å². The van der Waals surface area contributed by atoms with Crippen LogP contribution in [0.15, 0.2) is 62.9 Å². The van der Waals surface area contributed by atoms with Crippen molar-refractivity contribution in [2.24, 2.45) is 5.10 Å². The second-order valence-corrected chi connectivity index (χ2v) is 11.8. The van der Waals surface area contributed by atoms with Gasteiger partial charge in [-0.25, -0.2) is 8.42 Å². The van der Waals surface area contributed by atoms with Gasteiger partial charge in [0.05, 0.1) is 22.0 Å². The first kappa shape index (κ1) is 25.5. The molecular weight excluding hydrogens is 508 g/mol. The first-order valence-corrected chi connectivity index (χ1v) is 14.3. The van der Waals surface area contributed by atoms with Crippen LogP contribution < -0.4 is 0 Å². The Hall–Kier alpha value is -2.62. The Morgan fingerprint density at radius 1 is 1.17 bits per heavy atom. The monoisotopic (exact) mass is 532 g/mol. The van der Waals surface area contributed by atoms with Crippen molar-refractivity contribution in [3.05, 3.63) is 74.7 Å². The van der Waals surface area contributed by atoms with Crippen LogP contribution in [0.5, 0.6) is 0 Å². The van der Waals surface area contributed by atoms with Crippen molar-refractivity contribution in [1.29, 1.82) is 0 Å². The van der Waals surface area contributed by atoms with E-state index in [0.717, 1.165) is 16.7 Å². The lowest BCUT2D eigenvalue weighted by Crippen LogP contribution is -2.21. The third kappa shape index (κ3) is 5.79. The molecule has 0 bridgehead atoms. The zero-order valence-corrected chi connectivity index (χ0v) is 21.8. The molecule has 1 aliphatic carbocycles. The zero-order chi connectivity index (χ0) is 25.2. The molecule has 0 spiro atoms. The second kappa shape index (κ2) is 10.6. The third-order valence-electron chi connectivity index (χ3n) is 5.74. The van der Waals surface area contributed by atoms with E-state index in [2.05, 4.69) is 5.10 Å². The van der Waals surface area contributed by atoms with Crippen molar-refractivity contribution < 1.29 is 22.7 Å². The van der Waals surface area contributed by atoms with E-state index in [4.69, 9.17) is 16.3 Å². The van der Waals surface area contributed by atoms with Crippen LogP contribution in [0, 0.1) is 0 Å². The predicted octanol–water partition coefficient (Wildman–Crippen LogP) is 4.99. The molecule has 184 valence electrons. The number of ketones is 2. The molecule has 0 saturated carbocycles. The molecule has 0 fully saturated rings. The Labute approximate surface area is 214 Å². The highest BCUT2D eigenvalue weighted by Gasteiger charge is 2.31. The molecule has 0 saturated heterocycles. The summed E-state index contributed by atoms with van der Waals surface area (Å²) in [6.07, 6.45) is 2.70. The summed E-state index contributed by atoms with van der Waals surface area (Å²) in [4.78, 5) is 27.3. The number of Topliss-reactive ketones (excluding diaryl/α,β-unsaturated/α-hetero) is 2. The Morgan fingerprint density at radius 3 is 2.57 bits per heavy atom. The number of nitrogens with zero attached hydrogens (tertiary/aromatic N) is 2. The summed E-state index contributed by atoms with van der Waals surface area (Å²) in [5.41, 5.74) is 1.61. The maximum atomic E-state index is 13.7. The van der Waals surface area contributed by atoms with Crippen molar-refractivity contribution in [2.45, 2.75) is 43.4 Å². The quantitative estimate of drug-likeness (QED) is 0.349. The Morgan fingerprint density at radius 2 is 1.91 bits per heavy atom. The van der Waals surface area contributed by atoms with E-state index in [1.54, 1.807) is 6.92 Å². The van der Waals surface area contributed by atoms with Gasteiger partial charge in [0.15, 0.2) is 28.1 Å². The van der Waals surface area contributed by atoms with Crippen LogP contribution in [0.2, 0.25) is 5.02 Å². The summed E-state index contributed by atoms with van der Waals surface area (Å²) in [6.45, 7) is 1.88. The molecule has 2 aromatic rings. The van der Waals surface area contributed by atoms with E-state index in [0.29, 0.717) is 30.9 Å². The van der Waals surface area contributed by atoms with Crippen molar-refractivity contribution >= 4 is 50.7 Å². The molecule has 2 aromatic carbocycles. The summed E-state index contributed by atoms with van der Waals surface area (Å²) < 4.78 is 30.2. The lowest BCUT2D eigenvalue weighted by atomic mass is 9.91. The van der Waals surface area contributed by atoms with Gasteiger partial charge in [-0.2, -0.15) is 0 Å². The van der Waals surface area contributed by atoms with E-state index < -0.39 is 15.6 Å². The van der Waals surface area contributed by atoms with Gasteiger partial charge in [-0.1, -0.05) is 41.9 Å². The molecule has 10 heteroatoms. The third-order valence-corrected chi connectivity index (χ3v) is 8.59. The van der Waals surface area contributed by atoms with Crippen LogP contribution in [0.4, 0.5) is 0 Å². The minimum atomic E-state index is -3.63. The number of allylic oxidation sites excluding steroid dienone is 2. The van der Waals surface area contributed by atoms with Crippen LogP contribution in [-0.2, 0) is 31.7 Å². The van der Waals surface area contributed by atoms with Crippen molar-refractivity contribution in [3.8, 4) is 0 Å². The minimum absolute atomic E-state index is 0.0101. The zero-order valence-electron chi connectivity index (χ0n) is 19.4. The molecule has 0 amide bonds. The molecule has 0 aromatic heterocycles. The number of rotatable bonds is 8. The average Bonchev–Trinajstić information content (AvgIpc) is 3.23. The summed E-state index contributed by atoms with van der Waals surface area (Å²) in [5.74, 6) is 0.398. The summed E-state index contributed by atoms with van der Waals surface area (Å²) in [7, 11) is -3.63.